The molecule has 1 amide bonds. The summed E-state index contributed by atoms with van der Waals surface area (Å²) in [7, 11) is 0. The van der Waals surface area contributed by atoms with Gasteiger partial charge in [-0.2, -0.15) is 0 Å². The number of nitrogens with zero attached hydrogens (tertiary/aromatic N) is 1. The summed E-state index contributed by atoms with van der Waals surface area (Å²) < 4.78 is 13.9. The number of H-pyrrole nitrogens is 1. The first-order valence-electron chi connectivity index (χ1n) is 6.14. The molecule has 0 saturated carbocycles. The van der Waals surface area contributed by atoms with Crippen molar-refractivity contribution in [2.24, 2.45) is 5.73 Å². The maximum Gasteiger partial charge on any atom is 0.248 e. The van der Waals surface area contributed by atoms with E-state index in [1.54, 1.807) is 18.3 Å². The molecule has 21 heavy (non-hydrogen) atoms. The Balaban J connectivity index is 2.14. The second-order valence-corrected chi connectivity index (χ2v) is 4.49. The predicted molar refractivity (Wildman–Crippen MR) is 74.4 cm³/mol. The first kappa shape index (κ1) is 13.0. The van der Waals surface area contributed by atoms with Crippen molar-refractivity contribution in [2.45, 2.75) is 0 Å². The molecule has 3 aromatic rings. The van der Waals surface area contributed by atoms with Gasteiger partial charge in [-0.05, 0) is 30.3 Å². The SMILES string of the molecule is NC(=O)c1ccc(F)c(C(=O)c2c[nH]c3ncccc23)c1. The Morgan fingerprint density at radius 3 is 2.76 bits per heavy atom. The van der Waals surface area contributed by atoms with Crippen molar-refractivity contribution < 1.29 is 14.0 Å². The number of nitrogens with two attached hydrogens (primary N) is 1. The van der Waals surface area contributed by atoms with Crippen LogP contribution in [0.5, 0.6) is 0 Å². The highest BCUT2D eigenvalue weighted by Gasteiger charge is 2.19. The minimum atomic E-state index is -0.718. The molecular weight excluding hydrogens is 273 g/mol. The summed E-state index contributed by atoms with van der Waals surface area (Å²) in [6.07, 6.45) is 3.05. The monoisotopic (exact) mass is 283 g/mol. The summed E-state index contributed by atoms with van der Waals surface area (Å²) in [5.74, 6) is -1.96. The number of aromatic nitrogens is 2. The third kappa shape index (κ3) is 2.16. The summed E-state index contributed by atoms with van der Waals surface area (Å²) in [5.41, 5.74) is 5.86. The summed E-state index contributed by atoms with van der Waals surface area (Å²) in [4.78, 5) is 30.6. The van der Waals surface area contributed by atoms with Crippen LogP contribution in [0.25, 0.3) is 11.0 Å². The van der Waals surface area contributed by atoms with E-state index in [9.17, 15) is 14.0 Å². The second kappa shape index (κ2) is 4.82. The number of amides is 1. The number of carbonyl (C=O) groups excluding carboxylic acids is 2. The Morgan fingerprint density at radius 1 is 1.19 bits per heavy atom. The largest absolute Gasteiger partial charge is 0.366 e. The average molecular weight is 283 g/mol. The number of rotatable bonds is 3. The zero-order valence-corrected chi connectivity index (χ0v) is 10.8. The quantitative estimate of drug-likeness (QED) is 0.721. The van der Waals surface area contributed by atoms with Gasteiger partial charge in [0.15, 0.2) is 5.78 Å². The van der Waals surface area contributed by atoms with Crippen LogP contribution >= 0.6 is 0 Å². The molecule has 104 valence electrons. The van der Waals surface area contributed by atoms with E-state index in [0.717, 1.165) is 12.1 Å². The first-order valence-corrected chi connectivity index (χ1v) is 6.14. The third-order valence-corrected chi connectivity index (χ3v) is 3.19. The van der Waals surface area contributed by atoms with Crippen molar-refractivity contribution in [1.29, 1.82) is 0 Å². The lowest BCUT2D eigenvalue weighted by atomic mass is 10.0. The molecule has 3 rings (SSSR count). The van der Waals surface area contributed by atoms with Crippen LogP contribution in [0.4, 0.5) is 4.39 Å². The number of hydrogen-bond donors (Lipinski definition) is 2. The molecule has 0 radical (unpaired) electrons. The third-order valence-electron chi connectivity index (χ3n) is 3.19. The fraction of sp³-hybridized carbons (Fsp3) is 0. The Kier molecular flexibility index (Phi) is 2.98. The van der Waals surface area contributed by atoms with E-state index in [1.807, 2.05) is 0 Å². The number of carbonyl (C=O) groups is 2. The van der Waals surface area contributed by atoms with Crippen LogP contribution in [-0.4, -0.2) is 21.7 Å². The molecular formula is C15H10FN3O2. The molecule has 0 saturated heterocycles. The highest BCUT2D eigenvalue weighted by Crippen LogP contribution is 2.21. The lowest BCUT2D eigenvalue weighted by Crippen LogP contribution is -2.13. The van der Waals surface area contributed by atoms with Gasteiger partial charge in [0, 0.05) is 28.9 Å². The predicted octanol–water partition coefficient (Wildman–Crippen LogP) is 2.03. The highest BCUT2D eigenvalue weighted by atomic mass is 19.1. The molecule has 0 aliphatic rings. The van der Waals surface area contributed by atoms with Gasteiger partial charge in [0.2, 0.25) is 5.91 Å². The van der Waals surface area contributed by atoms with E-state index in [-0.39, 0.29) is 11.1 Å². The van der Waals surface area contributed by atoms with Crippen LogP contribution in [0, 0.1) is 5.82 Å². The van der Waals surface area contributed by atoms with E-state index in [0.29, 0.717) is 16.6 Å². The number of nitrogens with one attached hydrogen (secondary N) is 1. The molecule has 2 aromatic heterocycles. The van der Waals surface area contributed by atoms with Crippen molar-refractivity contribution in [1.82, 2.24) is 9.97 Å². The molecule has 0 aliphatic heterocycles. The fourth-order valence-electron chi connectivity index (χ4n) is 2.14. The second-order valence-electron chi connectivity index (χ2n) is 4.49. The molecule has 5 nitrogen and oxygen atoms in total. The number of ketones is 1. The number of benzene rings is 1. The molecule has 0 fully saturated rings. The zero-order valence-electron chi connectivity index (χ0n) is 10.8. The zero-order chi connectivity index (χ0) is 15.0. The smallest absolute Gasteiger partial charge is 0.248 e. The Labute approximate surface area is 118 Å². The molecule has 0 aliphatic carbocycles. The van der Waals surface area contributed by atoms with Gasteiger partial charge < -0.3 is 10.7 Å². The summed E-state index contributed by atoms with van der Waals surface area (Å²) in [6, 6.07) is 6.85. The van der Waals surface area contributed by atoms with E-state index < -0.39 is 17.5 Å². The summed E-state index contributed by atoms with van der Waals surface area (Å²) in [6.45, 7) is 0. The maximum absolute atomic E-state index is 13.9. The molecule has 0 spiro atoms. The molecule has 0 atom stereocenters. The minimum Gasteiger partial charge on any atom is -0.366 e. The van der Waals surface area contributed by atoms with Crippen LogP contribution in [-0.2, 0) is 0 Å². The van der Waals surface area contributed by atoms with Gasteiger partial charge >= 0.3 is 0 Å². The molecule has 0 bridgehead atoms. The van der Waals surface area contributed by atoms with Gasteiger partial charge in [-0.15, -0.1) is 0 Å². The Hall–Kier alpha value is -3.02. The molecule has 0 unspecified atom stereocenters. The number of primary amides is 1. The van der Waals surface area contributed by atoms with Crippen molar-refractivity contribution in [3.8, 4) is 0 Å². The summed E-state index contributed by atoms with van der Waals surface area (Å²) >= 11 is 0. The van der Waals surface area contributed by atoms with Crippen molar-refractivity contribution in [2.75, 3.05) is 0 Å². The highest BCUT2D eigenvalue weighted by molar-refractivity contribution is 6.16. The lowest BCUT2D eigenvalue weighted by Gasteiger charge is -2.03. The van der Waals surface area contributed by atoms with Gasteiger partial charge in [-0.25, -0.2) is 9.37 Å². The number of aromatic amines is 1. The normalized spacial score (nSPS) is 10.7. The number of fused-ring (bicyclic) bond motifs is 1. The van der Waals surface area contributed by atoms with Gasteiger partial charge in [0.25, 0.3) is 0 Å². The van der Waals surface area contributed by atoms with Crippen molar-refractivity contribution in [3.05, 3.63) is 65.2 Å². The Bertz CT molecular complexity index is 870. The van der Waals surface area contributed by atoms with Gasteiger partial charge in [-0.3, -0.25) is 9.59 Å². The number of hydrogen-bond acceptors (Lipinski definition) is 3. The van der Waals surface area contributed by atoms with Crippen molar-refractivity contribution in [3.63, 3.8) is 0 Å². The molecule has 3 N–H and O–H groups in total. The van der Waals surface area contributed by atoms with Crippen LogP contribution in [0.2, 0.25) is 0 Å². The molecule has 2 heterocycles. The van der Waals surface area contributed by atoms with E-state index in [1.165, 1.54) is 12.3 Å². The van der Waals surface area contributed by atoms with Gasteiger partial charge in [0.05, 0.1) is 5.56 Å². The maximum atomic E-state index is 13.9. The van der Waals surface area contributed by atoms with E-state index in [4.69, 9.17) is 5.73 Å². The standard InChI is InChI=1S/C15H10FN3O2/c16-12-4-3-8(14(17)21)6-10(12)13(20)11-7-19-15-9(11)2-1-5-18-15/h1-7H,(H2,17,21)(H,18,19). The number of halogens is 1. The molecule has 1 aromatic carbocycles. The molecule has 6 heteroatoms. The first-order chi connectivity index (χ1) is 10.1. The van der Waals surface area contributed by atoms with Crippen LogP contribution in [0.3, 0.4) is 0 Å². The topological polar surface area (TPSA) is 88.8 Å². The van der Waals surface area contributed by atoms with E-state index in [2.05, 4.69) is 9.97 Å². The van der Waals surface area contributed by atoms with Crippen LogP contribution in [0.15, 0.2) is 42.7 Å². The average Bonchev–Trinajstić information content (AvgIpc) is 2.90. The van der Waals surface area contributed by atoms with Crippen LogP contribution in [0.1, 0.15) is 26.3 Å². The summed E-state index contributed by atoms with van der Waals surface area (Å²) in [5, 5.41) is 0.589. The lowest BCUT2D eigenvalue weighted by molar-refractivity contribution is 0.1000. The van der Waals surface area contributed by atoms with Gasteiger partial charge in [0.1, 0.15) is 11.5 Å². The fourth-order valence-corrected chi connectivity index (χ4v) is 2.14. The van der Waals surface area contributed by atoms with Crippen molar-refractivity contribution >= 4 is 22.7 Å². The number of pyridine rings is 1. The van der Waals surface area contributed by atoms with Gasteiger partial charge in [-0.1, -0.05) is 0 Å². The minimum absolute atomic E-state index is 0.0812. The Morgan fingerprint density at radius 2 is 2.00 bits per heavy atom. The van der Waals surface area contributed by atoms with Crippen LogP contribution < -0.4 is 5.73 Å². The van der Waals surface area contributed by atoms with E-state index >= 15 is 0 Å².